The number of hydrogen-bond acceptors (Lipinski definition) is 4. The van der Waals surface area contributed by atoms with Gasteiger partial charge in [-0.05, 0) is 37.5 Å². The summed E-state index contributed by atoms with van der Waals surface area (Å²) >= 11 is 6.00. The van der Waals surface area contributed by atoms with Crippen molar-refractivity contribution in [2.75, 3.05) is 59.5 Å². The van der Waals surface area contributed by atoms with Crippen LogP contribution in [0.15, 0.2) is 29.3 Å². The summed E-state index contributed by atoms with van der Waals surface area (Å²) in [6.07, 6.45) is 2.27. The summed E-state index contributed by atoms with van der Waals surface area (Å²) in [5.41, 5.74) is 1.07. The van der Waals surface area contributed by atoms with Crippen molar-refractivity contribution < 1.29 is 9.53 Å². The number of carbonyl (C=O) groups excluding carboxylic acids is 1. The highest BCUT2D eigenvalue weighted by molar-refractivity contribution is 6.30. The fourth-order valence-corrected chi connectivity index (χ4v) is 4.28. The van der Waals surface area contributed by atoms with E-state index in [0.29, 0.717) is 19.8 Å². The first kappa shape index (κ1) is 22.8. The molecular weight excluding hydrogens is 402 g/mol. The van der Waals surface area contributed by atoms with E-state index in [2.05, 4.69) is 20.1 Å². The second-order valence-electron chi connectivity index (χ2n) is 7.89. The predicted molar refractivity (Wildman–Crippen MR) is 121 cm³/mol. The highest BCUT2D eigenvalue weighted by atomic mass is 35.5. The number of ether oxygens (including phenoxy) is 1. The van der Waals surface area contributed by atoms with Gasteiger partial charge < -0.3 is 19.9 Å². The van der Waals surface area contributed by atoms with Crippen LogP contribution in [0.1, 0.15) is 25.3 Å². The molecule has 0 radical (unpaired) electrons. The maximum atomic E-state index is 12.7. The minimum absolute atomic E-state index is 0.0416. The van der Waals surface area contributed by atoms with Crippen molar-refractivity contribution in [2.45, 2.75) is 32.4 Å². The van der Waals surface area contributed by atoms with Crippen LogP contribution in [0.5, 0.6) is 0 Å². The molecule has 2 heterocycles. The number of carbonyl (C=O) groups is 1. The van der Waals surface area contributed by atoms with E-state index in [9.17, 15) is 4.79 Å². The van der Waals surface area contributed by atoms with Gasteiger partial charge in [0.05, 0.1) is 19.3 Å². The Morgan fingerprint density at radius 3 is 2.57 bits per heavy atom. The number of nitrogens with zero attached hydrogens (tertiary/aromatic N) is 4. The molecule has 0 aromatic heterocycles. The smallest absolute Gasteiger partial charge is 0.239 e. The first-order chi connectivity index (χ1) is 14.6. The van der Waals surface area contributed by atoms with Crippen LogP contribution >= 0.6 is 11.6 Å². The van der Waals surface area contributed by atoms with Gasteiger partial charge in [0.1, 0.15) is 0 Å². The summed E-state index contributed by atoms with van der Waals surface area (Å²) in [4.78, 5) is 23.6. The van der Waals surface area contributed by atoms with E-state index in [1.165, 1.54) is 0 Å². The zero-order valence-electron chi connectivity index (χ0n) is 18.1. The van der Waals surface area contributed by atoms with Crippen molar-refractivity contribution in [3.63, 3.8) is 0 Å². The van der Waals surface area contributed by atoms with Crippen molar-refractivity contribution in [2.24, 2.45) is 4.99 Å². The summed E-state index contributed by atoms with van der Waals surface area (Å²) in [6.45, 7) is 9.16. The van der Waals surface area contributed by atoms with Crippen molar-refractivity contribution in [3.05, 3.63) is 34.9 Å². The molecule has 0 aliphatic carbocycles. The average molecular weight is 436 g/mol. The molecule has 2 fully saturated rings. The first-order valence-electron chi connectivity index (χ1n) is 10.9. The Labute approximate surface area is 185 Å². The molecule has 1 amide bonds. The number of amides is 1. The zero-order valence-corrected chi connectivity index (χ0v) is 18.9. The van der Waals surface area contributed by atoms with Crippen molar-refractivity contribution >= 4 is 23.5 Å². The molecule has 166 valence electrons. The summed E-state index contributed by atoms with van der Waals surface area (Å²) in [6, 6.07) is 7.68. The second kappa shape index (κ2) is 11.5. The zero-order chi connectivity index (χ0) is 21.3. The quantitative estimate of drug-likeness (QED) is 0.403. The maximum Gasteiger partial charge on any atom is 0.239 e. The summed E-state index contributed by atoms with van der Waals surface area (Å²) < 4.78 is 5.74. The van der Waals surface area contributed by atoms with E-state index >= 15 is 0 Å². The van der Waals surface area contributed by atoms with E-state index in [1.807, 2.05) is 36.1 Å². The molecule has 2 aliphatic heterocycles. The molecule has 1 aromatic carbocycles. The van der Waals surface area contributed by atoms with Gasteiger partial charge in [-0.1, -0.05) is 23.7 Å². The van der Waals surface area contributed by atoms with Crippen LogP contribution in [0.25, 0.3) is 0 Å². The molecule has 0 spiro atoms. The fourth-order valence-electron chi connectivity index (χ4n) is 4.06. The summed E-state index contributed by atoms with van der Waals surface area (Å²) in [7, 11) is 1.81. The van der Waals surface area contributed by atoms with Crippen LogP contribution in [-0.4, -0.2) is 92.1 Å². The molecule has 3 rings (SSSR count). The lowest BCUT2D eigenvalue weighted by molar-refractivity contribution is -0.135. The van der Waals surface area contributed by atoms with E-state index in [1.54, 1.807) is 7.05 Å². The van der Waals surface area contributed by atoms with Crippen LogP contribution in [-0.2, 0) is 16.1 Å². The van der Waals surface area contributed by atoms with Gasteiger partial charge in [0.15, 0.2) is 5.96 Å². The van der Waals surface area contributed by atoms with Crippen LogP contribution < -0.4 is 5.32 Å². The van der Waals surface area contributed by atoms with Gasteiger partial charge in [-0.3, -0.25) is 14.7 Å². The first-order valence-corrected chi connectivity index (χ1v) is 11.3. The van der Waals surface area contributed by atoms with Gasteiger partial charge in [0.25, 0.3) is 0 Å². The van der Waals surface area contributed by atoms with Gasteiger partial charge >= 0.3 is 0 Å². The molecule has 7 nitrogen and oxygen atoms in total. The van der Waals surface area contributed by atoms with Crippen LogP contribution in [0.4, 0.5) is 0 Å². The van der Waals surface area contributed by atoms with Crippen LogP contribution in [0, 0.1) is 0 Å². The SMILES string of the molecule is CN=C(NCCOCc1cccc(Cl)c1)N1CCN(C(C)C(=O)N2CCCC2)CC1. The summed E-state index contributed by atoms with van der Waals surface area (Å²) in [5.74, 6) is 1.17. The Bertz CT molecular complexity index is 715. The lowest BCUT2D eigenvalue weighted by Crippen LogP contribution is -2.57. The molecule has 8 heteroatoms. The molecule has 1 aromatic rings. The molecular formula is C22H34ClN5O2. The van der Waals surface area contributed by atoms with Crippen molar-refractivity contribution in [3.8, 4) is 0 Å². The number of guanidine groups is 1. The summed E-state index contributed by atoms with van der Waals surface area (Å²) in [5, 5.41) is 4.11. The lowest BCUT2D eigenvalue weighted by Gasteiger charge is -2.39. The fraction of sp³-hybridized carbons (Fsp3) is 0.636. The number of aliphatic imine (C=N–C) groups is 1. The minimum Gasteiger partial charge on any atom is -0.375 e. The number of hydrogen-bond donors (Lipinski definition) is 1. The number of rotatable bonds is 7. The van der Waals surface area contributed by atoms with Gasteiger partial charge in [-0.15, -0.1) is 0 Å². The van der Waals surface area contributed by atoms with E-state index in [0.717, 1.165) is 68.7 Å². The van der Waals surface area contributed by atoms with Crippen LogP contribution in [0.2, 0.25) is 5.02 Å². The normalized spacial score (nSPS) is 19.2. The molecule has 30 heavy (non-hydrogen) atoms. The number of halogens is 1. The lowest BCUT2D eigenvalue weighted by atomic mass is 10.2. The standard InChI is InChI=1S/C22H34ClN5O2/c1-18(21(29)27-9-3-4-10-27)26-11-13-28(14-12-26)22(24-2)25-8-15-30-17-19-6-5-7-20(23)16-19/h5-7,16,18H,3-4,8-15,17H2,1-2H3,(H,24,25). The Morgan fingerprint density at radius 1 is 1.17 bits per heavy atom. The molecule has 2 saturated heterocycles. The van der Waals surface area contributed by atoms with Gasteiger partial charge in [-0.2, -0.15) is 0 Å². The minimum atomic E-state index is -0.0416. The van der Waals surface area contributed by atoms with Gasteiger partial charge in [-0.25, -0.2) is 0 Å². The van der Waals surface area contributed by atoms with Gasteiger partial charge in [0, 0.05) is 57.9 Å². The van der Waals surface area contributed by atoms with E-state index < -0.39 is 0 Å². The molecule has 1 N–H and O–H groups in total. The van der Waals surface area contributed by atoms with Crippen LogP contribution in [0.3, 0.4) is 0 Å². The Morgan fingerprint density at radius 2 is 1.90 bits per heavy atom. The molecule has 1 atom stereocenters. The predicted octanol–water partition coefficient (Wildman–Crippen LogP) is 2.06. The Kier molecular flexibility index (Phi) is 8.78. The third kappa shape index (κ3) is 6.33. The van der Waals surface area contributed by atoms with Crippen molar-refractivity contribution in [1.29, 1.82) is 0 Å². The molecule has 1 unspecified atom stereocenters. The number of likely N-dealkylation sites (tertiary alicyclic amines) is 1. The molecule has 2 aliphatic rings. The Hall–Kier alpha value is -1.83. The molecule has 0 bridgehead atoms. The van der Waals surface area contributed by atoms with E-state index in [-0.39, 0.29) is 11.9 Å². The van der Waals surface area contributed by atoms with Gasteiger partial charge in [0.2, 0.25) is 5.91 Å². The number of piperazine rings is 1. The molecule has 0 saturated carbocycles. The second-order valence-corrected chi connectivity index (χ2v) is 8.32. The average Bonchev–Trinajstić information content (AvgIpc) is 3.30. The monoisotopic (exact) mass is 435 g/mol. The topological polar surface area (TPSA) is 60.4 Å². The largest absolute Gasteiger partial charge is 0.375 e. The third-order valence-electron chi connectivity index (χ3n) is 5.84. The maximum absolute atomic E-state index is 12.7. The Balaban J connectivity index is 1.35. The van der Waals surface area contributed by atoms with E-state index in [4.69, 9.17) is 16.3 Å². The highest BCUT2D eigenvalue weighted by Crippen LogP contribution is 2.14. The number of nitrogens with one attached hydrogen (secondary N) is 1. The highest BCUT2D eigenvalue weighted by Gasteiger charge is 2.30. The third-order valence-corrected chi connectivity index (χ3v) is 6.07. The van der Waals surface area contributed by atoms with Crippen molar-refractivity contribution in [1.82, 2.24) is 20.0 Å². The number of benzene rings is 1.